The predicted molar refractivity (Wildman–Crippen MR) is 64.4 cm³/mol. The van der Waals surface area contributed by atoms with Gasteiger partial charge in [0.25, 0.3) is 0 Å². The summed E-state index contributed by atoms with van der Waals surface area (Å²) >= 11 is 0. The highest BCUT2D eigenvalue weighted by Gasteiger charge is 2.72. The topological polar surface area (TPSA) is 26.3 Å². The maximum atomic E-state index is 11.1. The third-order valence-electron chi connectivity index (χ3n) is 6.51. The molecule has 1 saturated heterocycles. The molecule has 0 N–H and O–H groups in total. The fraction of sp³-hybridized carbons (Fsp3) is 0.933. The minimum absolute atomic E-state index is 0.298. The summed E-state index contributed by atoms with van der Waals surface area (Å²) in [6, 6.07) is 0. The molecular formula is C15H22O2. The van der Waals surface area contributed by atoms with Gasteiger partial charge in [0.05, 0.1) is 12.2 Å². The van der Waals surface area contributed by atoms with Crippen molar-refractivity contribution in [1.29, 1.82) is 0 Å². The zero-order valence-corrected chi connectivity index (χ0v) is 10.9. The van der Waals surface area contributed by atoms with Gasteiger partial charge in [-0.1, -0.05) is 13.8 Å². The Morgan fingerprint density at radius 1 is 1.24 bits per heavy atom. The lowest BCUT2D eigenvalue weighted by molar-refractivity contribution is -0.129. The second-order valence-corrected chi connectivity index (χ2v) is 7.45. The van der Waals surface area contributed by atoms with E-state index in [2.05, 4.69) is 20.8 Å². The SMILES string of the molecule is CC1OC2C3CC(CC3C=O)C2C2C1C2(C)C. The molecule has 1 aliphatic heterocycles. The molecule has 4 fully saturated rings. The third kappa shape index (κ3) is 1.09. The summed E-state index contributed by atoms with van der Waals surface area (Å²) in [5.74, 6) is 4.04. The van der Waals surface area contributed by atoms with Crippen LogP contribution in [-0.2, 0) is 9.53 Å². The molecule has 2 bridgehead atoms. The first kappa shape index (κ1) is 10.5. The summed E-state index contributed by atoms with van der Waals surface area (Å²) in [7, 11) is 0. The van der Waals surface area contributed by atoms with E-state index in [1.54, 1.807) is 0 Å². The van der Waals surface area contributed by atoms with Crippen molar-refractivity contribution in [3.8, 4) is 0 Å². The Hall–Kier alpha value is -0.370. The van der Waals surface area contributed by atoms with E-state index in [1.807, 2.05) is 0 Å². The minimum atomic E-state index is 0.298. The Morgan fingerprint density at radius 3 is 2.71 bits per heavy atom. The van der Waals surface area contributed by atoms with Crippen LogP contribution in [0.25, 0.3) is 0 Å². The Morgan fingerprint density at radius 2 is 2.00 bits per heavy atom. The monoisotopic (exact) mass is 234 g/mol. The molecule has 8 atom stereocenters. The first-order valence-corrected chi connectivity index (χ1v) is 7.16. The maximum Gasteiger partial charge on any atom is 0.123 e. The molecule has 2 heteroatoms. The first-order valence-electron chi connectivity index (χ1n) is 7.16. The van der Waals surface area contributed by atoms with E-state index in [0.29, 0.717) is 29.5 Å². The average molecular weight is 234 g/mol. The molecule has 0 aromatic heterocycles. The molecule has 17 heavy (non-hydrogen) atoms. The van der Waals surface area contributed by atoms with Crippen molar-refractivity contribution in [3.63, 3.8) is 0 Å². The molecule has 0 radical (unpaired) electrons. The van der Waals surface area contributed by atoms with Gasteiger partial charge in [0.2, 0.25) is 0 Å². The van der Waals surface area contributed by atoms with Crippen molar-refractivity contribution in [2.75, 3.05) is 0 Å². The quantitative estimate of drug-likeness (QED) is 0.652. The molecule has 4 rings (SSSR count). The molecule has 0 aromatic carbocycles. The number of hydrogen-bond donors (Lipinski definition) is 0. The van der Waals surface area contributed by atoms with Crippen LogP contribution in [0.3, 0.4) is 0 Å². The van der Waals surface area contributed by atoms with Gasteiger partial charge in [0.1, 0.15) is 6.29 Å². The van der Waals surface area contributed by atoms with Crippen LogP contribution < -0.4 is 0 Å². The molecule has 3 aliphatic carbocycles. The van der Waals surface area contributed by atoms with Gasteiger partial charge in [-0.3, -0.25) is 0 Å². The molecule has 2 nitrogen and oxygen atoms in total. The second-order valence-electron chi connectivity index (χ2n) is 7.45. The Balaban J connectivity index is 1.67. The van der Waals surface area contributed by atoms with Crippen LogP contribution in [0.15, 0.2) is 0 Å². The molecule has 8 unspecified atom stereocenters. The maximum absolute atomic E-state index is 11.1. The van der Waals surface area contributed by atoms with Crippen molar-refractivity contribution >= 4 is 6.29 Å². The molecule has 3 saturated carbocycles. The lowest BCUT2D eigenvalue weighted by atomic mass is 9.75. The van der Waals surface area contributed by atoms with Crippen LogP contribution in [0.5, 0.6) is 0 Å². The fourth-order valence-corrected chi connectivity index (χ4v) is 5.92. The predicted octanol–water partition coefficient (Wildman–Crippen LogP) is 2.52. The van der Waals surface area contributed by atoms with Gasteiger partial charge in [-0.25, -0.2) is 0 Å². The number of fused-ring (bicyclic) bond motifs is 7. The number of hydrogen-bond acceptors (Lipinski definition) is 2. The van der Waals surface area contributed by atoms with Crippen LogP contribution in [0.4, 0.5) is 0 Å². The fourth-order valence-electron chi connectivity index (χ4n) is 5.92. The summed E-state index contributed by atoms with van der Waals surface area (Å²) in [6.45, 7) is 7.06. The number of aldehydes is 1. The van der Waals surface area contributed by atoms with E-state index < -0.39 is 0 Å². The molecule has 0 amide bonds. The summed E-state index contributed by atoms with van der Waals surface area (Å²) in [5.41, 5.74) is 0.486. The lowest BCUT2D eigenvalue weighted by Gasteiger charge is -2.39. The molecular weight excluding hydrogens is 212 g/mol. The van der Waals surface area contributed by atoms with E-state index in [-0.39, 0.29) is 0 Å². The van der Waals surface area contributed by atoms with Gasteiger partial charge in [0.15, 0.2) is 0 Å². The number of carbonyl (C=O) groups is 1. The highest BCUT2D eigenvalue weighted by Crippen LogP contribution is 2.73. The first-order chi connectivity index (χ1) is 8.05. The average Bonchev–Trinajstić information content (AvgIpc) is 2.67. The summed E-state index contributed by atoms with van der Waals surface area (Å²) in [4.78, 5) is 11.1. The molecule has 4 aliphatic rings. The van der Waals surface area contributed by atoms with Crippen molar-refractivity contribution in [3.05, 3.63) is 0 Å². The highest BCUT2D eigenvalue weighted by molar-refractivity contribution is 5.55. The smallest absolute Gasteiger partial charge is 0.123 e. The standard InChI is InChI=1S/C15H22O2/c1-7-12-13(15(12,2)3)11-8-4-9(6-16)10(5-8)14(11)17-7/h6-14H,4-5H2,1-3H3. The number of rotatable bonds is 1. The molecule has 0 aromatic rings. The number of ether oxygens (including phenoxy) is 1. The van der Waals surface area contributed by atoms with E-state index in [1.165, 1.54) is 12.7 Å². The van der Waals surface area contributed by atoms with Crippen molar-refractivity contribution in [2.45, 2.75) is 45.8 Å². The van der Waals surface area contributed by atoms with E-state index in [9.17, 15) is 4.79 Å². The largest absolute Gasteiger partial charge is 0.374 e. The van der Waals surface area contributed by atoms with Crippen LogP contribution in [0.1, 0.15) is 33.6 Å². The zero-order chi connectivity index (χ0) is 11.9. The van der Waals surface area contributed by atoms with Crippen molar-refractivity contribution in [2.24, 2.45) is 40.9 Å². The van der Waals surface area contributed by atoms with Crippen LogP contribution in [0.2, 0.25) is 0 Å². The summed E-state index contributed by atoms with van der Waals surface area (Å²) in [5, 5.41) is 0. The lowest BCUT2D eigenvalue weighted by Crippen LogP contribution is -2.42. The molecule has 94 valence electrons. The summed E-state index contributed by atoms with van der Waals surface area (Å²) < 4.78 is 6.31. The van der Waals surface area contributed by atoms with E-state index >= 15 is 0 Å². The van der Waals surface area contributed by atoms with Crippen LogP contribution in [0, 0.1) is 40.9 Å². The zero-order valence-electron chi connectivity index (χ0n) is 10.9. The van der Waals surface area contributed by atoms with Crippen LogP contribution >= 0.6 is 0 Å². The van der Waals surface area contributed by atoms with E-state index in [0.717, 1.165) is 30.1 Å². The van der Waals surface area contributed by atoms with Gasteiger partial charge in [0, 0.05) is 5.92 Å². The minimum Gasteiger partial charge on any atom is -0.374 e. The number of carbonyl (C=O) groups excluding carboxylic acids is 1. The van der Waals surface area contributed by atoms with Gasteiger partial charge in [-0.2, -0.15) is 0 Å². The van der Waals surface area contributed by atoms with Gasteiger partial charge in [-0.15, -0.1) is 0 Å². The third-order valence-corrected chi connectivity index (χ3v) is 6.51. The van der Waals surface area contributed by atoms with Crippen LogP contribution in [-0.4, -0.2) is 18.5 Å². The van der Waals surface area contributed by atoms with E-state index in [4.69, 9.17) is 4.74 Å². The molecule has 0 spiro atoms. The second kappa shape index (κ2) is 2.96. The van der Waals surface area contributed by atoms with Gasteiger partial charge < -0.3 is 9.53 Å². The van der Waals surface area contributed by atoms with Gasteiger partial charge >= 0.3 is 0 Å². The Bertz CT molecular complexity index is 375. The molecule has 1 heterocycles. The Kier molecular flexibility index (Phi) is 1.83. The summed E-state index contributed by atoms with van der Waals surface area (Å²) in [6.07, 6.45) is 4.40. The van der Waals surface area contributed by atoms with Crippen molar-refractivity contribution in [1.82, 2.24) is 0 Å². The highest BCUT2D eigenvalue weighted by atomic mass is 16.5. The van der Waals surface area contributed by atoms with Crippen molar-refractivity contribution < 1.29 is 9.53 Å². The van der Waals surface area contributed by atoms with Gasteiger partial charge in [-0.05, 0) is 54.8 Å². The Labute approximate surface area is 103 Å². The normalized spacial score (nSPS) is 61.8.